The quantitative estimate of drug-likeness (QED) is 0.454. The van der Waals surface area contributed by atoms with Crippen LogP contribution in [0.4, 0.5) is 0 Å². The van der Waals surface area contributed by atoms with E-state index in [0.717, 1.165) is 52.7 Å². The van der Waals surface area contributed by atoms with E-state index in [1.807, 2.05) is 13.1 Å². The molecule has 0 spiro atoms. The van der Waals surface area contributed by atoms with Crippen LogP contribution in [0.2, 0.25) is 0 Å². The molecular formula is C28H39N7O. The minimum absolute atomic E-state index is 0.0592. The fourth-order valence-corrected chi connectivity index (χ4v) is 6.01. The van der Waals surface area contributed by atoms with Gasteiger partial charge in [-0.25, -0.2) is 9.50 Å². The smallest absolute Gasteiger partial charge is 0.272 e. The lowest BCUT2D eigenvalue weighted by Crippen LogP contribution is -2.45. The molecule has 0 saturated heterocycles. The van der Waals surface area contributed by atoms with Gasteiger partial charge >= 0.3 is 0 Å². The van der Waals surface area contributed by atoms with Crippen LogP contribution in [-0.4, -0.2) is 60.8 Å². The molecule has 3 aromatic rings. The standard InChI is InChI=1S/C28H39N7O/c1-17(2)24-25(21-12-18(3)27-29-16-30-35(27)15-21)32-33-26(24)28(36)31-22-8-10-23(11-9-22)34(13-19-4-5-19)14-20-6-7-20/h12,15-17,19-20,22-23H,4-11,13-14H2,1-3H3,(H,31,36)(H,32,33)/t22-,23-. The molecule has 192 valence electrons. The average Bonchev–Trinajstić information content (AvgIpc) is 3.76. The molecule has 8 nitrogen and oxygen atoms in total. The second-order valence-corrected chi connectivity index (χ2v) is 11.8. The molecule has 3 aliphatic carbocycles. The van der Waals surface area contributed by atoms with Gasteiger partial charge < -0.3 is 5.32 Å². The van der Waals surface area contributed by atoms with E-state index in [0.29, 0.717) is 11.7 Å². The molecule has 3 aliphatic rings. The van der Waals surface area contributed by atoms with Crippen molar-refractivity contribution >= 4 is 11.6 Å². The van der Waals surface area contributed by atoms with Crippen molar-refractivity contribution in [2.75, 3.05) is 13.1 Å². The van der Waals surface area contributed by atoms with E-state index in [-0.39, 0.29) is 17.9 Å². The van der Waals surface area contributed by atoms with E-state index in [1.165, 1.54) is 51.6 Å². The Morgan fingerprint density at radius 2 is 1.81 bits per heavy atom. The first-order valence-electron chi connectivity index (χ1n) is 13.9. The lowest BCUT2D eigenvalue weighted by molar-refractivity contribution is 0.0890. The van der Waals surface area contributed by atoms with Gasteiger partial charge in [0, 0.05) is 42.5 Å². The number of hydrogen-bond acceptors (Lipinski definition) is 5. The summed E-state index contributed by atoms with van der Waals surface area (Å²) in [6, 6.07) is 3.00. The molecule has 0 radical (unpaired) electrons. The second-order valence-electron chi connectivity index (χ2n) is 11.8. The number of aromatic amines is 1. The highest BCUT2D eigenvalue weighted by atomic mass is 16.2. The van der Waals surface area contributed by atoms with Crippen molar-refractivity contribution in [1.29, 1.82) is 0 Å². The van der Waals surface area contributed by atoms with Gasteiger partial charge in [-0.1, -0.05) is 13.8 Å². The first kappa shape index (κ1) is 23.6. The minimum atomic E-state index is -0.0592. The van der Waals surface area contributed by atoms with E-state index in [9.17, 15) is 4.79 Å². The number of aromatic nitrogens is 5. The third kappa shape index (κ3) is 4.92. The highest BCUT2D eigenvalue weighted by molar-refractivity contribution is 5.96. The van der Waals surface area contributed by atoms with Crippen LogP contribution in [0, 0.1) is 18.8 Å². The Balaban J connectivity index is 1.14. The number of fused-ring (bicyclic) bond motifs is 1. The maximum Gasteiger partial charge on any atom is 0.272 e. The first-order valence-corrected chi connectivity index (χ1v) is 13.9. The Labute approximate surface area is 213 Å². The van der Waals surface area contributed by atoms with Gasteiger partial charge in [0.2, 0.25) is 0 Å². The third-order valence-electron chi connectivity index (χ3n) is 8.37. The molecule has 36 heavy (non-hydrogen) atoms. The number of carbonyl (C=O) groups is 1. The molecule has 0 aliphatic heterocycles. The summed E-state index contributed by atoms with van der Waals surface area (Å²) >= 11 is 0. The number of hydrogen-bond donors (Lipinski definition) is 2. The van der Waals surface area contributed by atoms with Gasteiger partial charge in [-0.3, -0.25) is 14.8 Å². The highest BCUT2D eigenvalue weighted by Crippen LogP contribution is 2.37. The number of rotatable bonds is 9. The van der Waals surface area contributed by atoms with Crippen LogP contribution < -0.4 is 5.32 Å². The highest BCUT2D eigenvalue weighted by Gasteiger charge is 2.35. The van der Waals surface area contributed by atoms with Gasteiger partial charge in [-0.15, -0.1) is 0 Å². The van der Waals surface area contributed by atoms with Gasteiger partial charge in [-0.05, 0) is 87.7 Å². The zero-order valence-corrected chi connectivity index (χ0v) is 21.8. The summed E-state index contributed by atoms with van der Waals surface area (Å²) in [4.78, 5) is 20.5. The summed E-state index contributed by atoms with van der Waals surface area (Å²) in [5, 5.41) is 15.3. The van der Waals surface area contributed by atoms with Crippen LogP contribution in [0.25, 0.3) is 16.9 Å². The Morgan fingerprint density at radius 3 is 2.44 bits per heavy atom. The number of aryl methyl sites for hydroxylation is 1. The first-order chi connectivity index (χ1) is 17.5. The van der Waals surface area contributed by atoms with Crippen molar-refractivity contribution in [1.82, 2.24) is 35.0 Å². The lowest BCUT2D eigenvalue weighted by Gasteiger charge is -2.37. The molecule has 8 heteroatoms. The molecular weight excluding hydrogens is 450 g/mol. The summed E-state index contributed by atoms with van der Waals surface area (Å²) < 4.78 is 1.78. The number of amides is 1. The lowest BCUT2D eigenvalue weighted by atomic mass is 9.89. The molecule has 3 heterocycles. The van der Waals surface area contributed by atoms with Crippen LogP contribution >= 0.6 is 0 Å². The van der Waals surface area contributed by atoms with Crippen LogP contribution in [0.1, 0.15) is 92.7 Å². The molecule has 0 atom stereocenters. The van der Waals surface area contributed by atoms with E-state index >= 15 is 0 Å². The Hall–Kier alpha value is -2.74. The van der Waals surface area contributed by atoms with Crippen LogP contribution in [0.5, 0.6) is 0 Å². The SMILES string of the molecule is Cc1cc(-c2[nH]nc(C(=O)N[C@H]3CC[C@H](N(CC4CC4)CC4CC4)CC3)c2C(C)C)cn2ncnc12. The molecule has 0 unspecified atom stereocenters. The van der Waals surface area contributed by atoms with Crippen molar-refractivity contribution < 1.29 is 4.79 Å². The van der Waals surface area contributed by atoms with Crippen LogP contribution in [0.3, 0.4) is 0 Å². The fourth-order valence-electron chi connectivity index (χ4n) is 6.01. The number of nitrogens with zero attached hydrogens (tertiary/aromatic N) is 5. The summed E-state index contributed by atoms with van der Waals surface area (Å²) in [7, 11) is 0. The van der Waals surface area contributed by atoms with E-state index < -0.39 is 0 Å². The molecule has 2 N–H and O–H groups in total. The topological polar surface area (TPSA) is 91.2 Å². The molecule has 3 aromatic heterocycles. The van der Waals surface area contributed by atoms with E-state index in [2.05, 4.69) is 50.4 Å². The van der Waals surface area contributed by atoms with Crippen LogP contribution in [0.15, 0.2) is 18.6 Å². The van der Waals surface area contributed by atoms with E-state index in [1.54, 1.807) is 10.8 Å². The molecule has 0 bridgehead atoms. The monoisotopic (exact) mass is 489 g/mol. The van der Waals surface area contributed by atoms with Gasteiger partial charge in [-0.2, -0.15) is 10.2 Å². The summed E-state index contributed by atoms with van der Waals surface area (Å²) in [6.07, 6.45) is 13.7. The predicted molar refractivity (Wildman–Crippen MR) is 140 cm³/mol. The second kappa shape index (κ2) is 9.61. The maximum atomic E-state index is 13.4. The van der Waals surface area contributed by atoms with Gasteiger partial charge in [0.05, 0.1) is 5.69 Å². The normalized spacial score (nSPS) is 22.6. The molecule has 3 saturated carbocycles. The molecule has 3 fully saturated rings. The number of H-pyrrole nitrogens is 1. The third-order valence-corrected chi connectivity index (χ3v) is 8.37. The van der Waals surface area contributed by atoms with Crippen LogP contribution in [-0.2, 0) is 0 Å². The molecule has 6 rings (SSSR count). The Bertz CT molecular complexity index is 1210. The maximum absolute atomic E-state index is 13.4. The van der Waals surface area contributed by atoms with Gasteiger partial charge in [0.1, 0.15) is 6.33 Å². The largest absolute Gasteiger partial charge is 0.348 e. The van der Waals surface area contributed by atoms with Crippen molar-refractivity contribution in [2.45, 2.75) is 90.1 Å². The average molecular weight is 490 g/mol. The van der Waals surface area contributed by atoms with Crippen molar-refractivity contribution in [3.63, 3.8) is 0 Å². The number of nitrogens with one attached hydrogen (secondary N) is 2. The summed E-state index contributed by atoms with van der Waals surface area (Å²) in [5.74, 6) is 1.98. The molecule has 0 aromatic carbocycles. The summed E-state index contributed by atoms with van der Waals surface area (Å²) in [6.45, 7) is 8.86. The minimum Gasteiger partial charge on any atom is -0.348 e. The predicted octanol–water partition coefficient (Wildman–Crippen LogP) is 4.71. The number of carbonyl (C=O) groups excluding carboxylic acids is 1. The Morgan fingerprint density at radius 1 is 1.11 bits per heavy atom. The van der Waals surface area contributed by atoms with Crippen molar-refractivity contribution in [3.05, 3.63) is 35.4 Å². The summed E-state index contributed by atoms with van der Waals surface area (Å²) in [5.41, 5.74) is 5.20. The van der Waals surface area contributed by atoms with Gasteiger partial charge in [0.15, 0.2) is 11.3 Å². The Kier molecular flexibility index (Phi) is 6.32. The zero-order chi connectivity index (χ0) is 24.8. The van der Waals surface area contributed by atoms with Crippen molar-refractivity contribution in [3.8, 4) is 11.3 Å². The zero-order valence-electron chi connectivity index (χ0n) is 21.8. The number of pyridine rings is 1. The fraction of sp³-hybridized carbons (Fsp3) is 0.643. The van der Waals surface area contributed by atoms with Crippen molar-refractivity contribution in [2.24, 2.45) is 11.8 Å². The van der Waals surface area contributed by atoms with E-state index in [4.69, 9.17) is 0 Å². The van der Waals surface area contributed by atoms with Gasteiger partial charge in [0.25, 0.3) is 5.91 Å². The molecule has 1 amide bonds.